The van der Waals surface area contributed by atoms with E-state index in [2.05, 4.69) is 10.6 Å². The van der Waals surface area contributed by atoms with Gasteiger partial charge >= 0.3 is 6.03 Å². The average Bonchev–Trinajstić information content (AvgIpc) is 2.21. The maximum Gasteiger partial charge on any atom is 0.319 e. The second kappa shape index (κ2) is 5.36. The lowest BCUT2D eigenvalue weighted by molar-refractivity contribution is 0.249. The Balaban J connectivity index is 2.48. The van der Waals surface area contributed by atoms with E-state index < -0.39 is 0 Å². The number of benzene rings is 1. The smallest absolute Gasteiger partial charge is 0.319 e. The lowest BCUT2D eigenvalue weighted by atomic mass is 10.2. The first-order chi connectivity index (χ1) is 7.11. The van der Waals surface area contributed by atoms with Crippen molar-refractivity contribution in [1.82, 2.24) is 5.32 Å². The molecule has 82 valence electrons. The Morgan fingerprint density at radius 3 is 2.53 bits per heavy atom. The SMILES string of the molecule is Cc1ccc(NC(=O)NC(C)CN)cc1. The molecule has 4 nitrogen and oxygen atoms in total. The van der Waals surface area contributed by atoms with E-state index in [-0.39, 0.29) is 12.1 Å². The van der Waals surface area contributed by atoms with Crippen molar-refractivity contribution in [2.45, 2.75) is 19.9 Å². The molecule has 1 atom stereocenters. The molecule has 0 aliphatic heterocycles. The van der Waals surface area contributed by atoms with Gasteiger partial charge in [-0.1, -0.05) is 17.7 Å². The number of anilines is 1. The molecule has 0 aromatic heterocycles. The van der Waals surface area contributed by atoms with Crippen molar-refractivity contribution < 1.29 is 4.79 Å². The van der Waals surface area contributed by atoms with Crippen LogP contribution in [0.25, 0.3) is 0 Å². The molecular formula is C11H17N3O. The molecule has 1 unspecified atom stereocenters. The number of rotatable bonds is 3. The number of nitrogens with two attached hydrogens (primary N) is 1. The van der Waals surface area contributed by atoms with E-state index >= 15 is 0 Å². The Morgan fingerprint density at radius 1 is 1.40 bits per heavy atom. The Morgan fingerprint density at radius 2 is 2.00 bits per heavy atom. The molecular weight excluding hydrogens is 190 g/mol. The minimum Gasteiger partial charge on any atom is -0.334 e. The Labute approximate surface area is 89.9 Å². The van der Waals surface area contributed by atoms with Crippen molar-refractivity contribution >= 4 is 11.7 Å². The van der Waals surface area contributed by atoms with Crippen LogP contribution in [0, 0.1) is 6.92 Å². The zero-order valence-electron chi connectivity index (χ0n) is 9.08. The van der Waals surface area contributed by atoms with E-state index in [0.29, 0.717) is 6.54 Å². The molecule has 0 bridgehead atoms. The number of urea groups is 1. The predicted octanol–water partition coefficient (Wildman–Crippen LogP) is 1.46. The van der Waals surface area contributed by atoms with Crippen LogP contribution in [0.15, 0.2) is 24.3 Å². The van der Waals surface area contributed by atoms with E-state index in [1.165, 1.54) is 0 Å². The van der Waals surface area contributed by atoms with Crippen molar-refractivity contribution in [2.75, 3.05) is 11.9 Å². The van der Waals surface area contributed by atoms with Crippen molar-refractivity contribution in [1.29, 1.82) is 0 Å². The van der Waals surface area contributed by atoms with Crippen LogP contribution >= 0.6 is 0 Å². The molecule has 1 aromatic rings. The van der Waals surface area contributed by atoms with E-state index in [1.807, 2.05) is 38.1 Å². The lowest BCUT2D eigenvalue weighted by Gasteiger charge is -2.12. The van der Waals surface area contributed by atoms with E-state index in [1.54, 1.807) is 0 Å². The topological polar surface area (TPSA) is 67.2 Å². The first kappa shape index (κ1) is 11.5. The summed E-state index contributed by atoms with van der Waals surface area (Å²) < 4.78 is 0. The van der Waals surface area contributed by atoms with E-state index in [0.717, 1.165) is 11.3 Å². The molecule has 0 saturated heterocycles. The highest BCUT2D eigenvalue weighted by Gasteiger charge is 2.04. The summed E-state index contributed by atoms with van der Waals surface area (Å²) in [6, 6.07) is 7.38. The number of hydrogen-bond donors (Lipinski definition) is 3. The van der Waals surface area contributed by atoms with Crippen molar-refractivity contribution in [3.8, 4) is 0 Å². The number of amides is 2. The van der Waals surface area contributed by atoms with Crippen LogP contribution in [0.5, 0.6) is 0 Å². The number of carbonyl (C=O) groups is 1. The van der Waals surface area contributed by atoms with Gasteiger partial charge in [0.1, 0.15) is 0 Å². The third-order valence-electron chi connectivity index (χ3n) is 2.04. The molecule has 4 heteroatoms. The fraction of sp³-hybridized carbons (Fsp3) is 0.364. The summed E-state index contributed by atoms with van der Waals surface area (Å²) in [6.07, 6.45) is 0. The van der Waals surface area contributed by atoms with Crippen molar-refractivity contribution in [3.63, 3.8) is 0 Å². The van der Waals surface area contributed by atoms with Gasteiger partial charge in [-0.15, -0.1) is 0 Å². The van der Waals surface area contributed by atoms with Crippen LogP contribution in [0.2, 0.25) is 0 Å². The summed E-state index contributed by atoms with van der Waals surface area (Å²) in [5, 5.41) is 5.45. The van der Waals surface area contributed by atoms with Gasteiger partial charge in [-0.2, -0.15) is 0 Å². The van der Waals surface area contributed by atoms with Crippen LogP contribution in [0.3, 0.4) is 0 Å². The molecule has 1 aromatic carbocycles. The molecule has 2 amide bonds. The molecule has 1 rings (SSSR count). The van der Waals surface area contributed by atoms with Gasteiger partial charge in [0.2, 0.25) is 0 Å². The molecule has 0 fully saturated rings. The fourth-order valence-electron chi connectivity index (χ4n) is 1.09. The number of carbonyl (C=O) groups excluding carboxylic acids is 1. The van der Waals surface area contributed by atoms with Gasteiger partial charge in [-0.3, -0.25) is 0 Å². The average molecular weight is 207 g/mol. The van der Waals surface area contributed by atoms with E-state index in [4.69, 9.17) is 5.73 Å². The third-order valence-corrected chi connectivity index (χ3v) is 2.04. The minimum absolute atomic E-state index is 0.0181. The van der Waals surface area contributed by atoms with Gasteiger partial charge in [-0.05, 0) is 26.0 Å². The molecule has 0 radical (unpaired) electrons. The highest BCUT2D eigenvalue weighted by Crippen LogP contribution is 2.07. The molecule has 0 spiro atoms. The van der Waals surface area contributed by atoms with Gasteiger partial charge in [0.05, 0.1) is 0 Å². The predicted molar refractivity (Wildman–Crippen MR) is 61.8 cm³/mol. The first-order valence-electron chi connectivity index (χ1n) is 4.96. The molecule has 0 aliphatic carbocycles. The Bertz CT molecular complexity index is 321. The standard InChI is InChI=1S/C11H17N3O/c1-8-3-5-10(6-4-8)14-11(15)13-9(2)7-12/h3-6,9H,7,12H2,1-2H3,(H2,13,14,15). The summed E-state index contributed by atoms with van der Waals surface area (Å²) in [4.78, 5) is 11.4. The normalized spacial score (nSPS) is 11.9. The second-order valence-electron chi connectivity index (χ2n) is 3.60. The molecule has 15 heavy (non-hydrogen) atoms. The third kappa shape index (κ3) is 3.99. The Kier molecular flexibility index (Phi) is 4.12. The van der Waals surface area contributed by atoms with Gasteiger partial charge in [0.15, 0.2) is 0 Å². The maximum atomic E-state index is 11.4. The fourth-order valence-corrected chi connectivity index (χ4v) is 1.09. The van der Waals surface area contributed by atoms with Crippen molar-refractivity contribution in [3.05, 3.63) is 29.8 Å². The quantitative estimate of drug-likeness (QED) is 0.702. The van der Waals surface area contributed by atoms with E-state index in [9.17, 15) is 4.79 Å². The number of nitrogens with one attached hydrogen (secondary N) is 2. The monoisotopic (exact) mass is 207 g/mol. The highest BCUT2D eigenvalue weighted by molar-refractivity contribution is 5.89. The molecule has 0 heterocycles. The van der Waals surface area contributed by atoms with Crippen LogP contribution in [-0.4, -0.2) is 18.6 Å². The lowest BCUT2D eigenvalue weighted by Crippen LogP contribution is -2.40. The number of aryl methyl sites for hydroxylation is 1. The molecule has 4 N–H and O–H groups in total. The van der Waals surface area contributed by atoms with Gasteiger partial charge in [0.25, 0.3) is 0 Å². The largest absolute Gasteiger partial charge is 0.334 e. The zero-order chi connectivity index (χ0) is 11.3. The molecule has 0 saturated carbocycles. The van der Waals surface area contributed by atoms with Crippen LogP contribution in [0.1, 0.15) is 12.5 Å². The second-order valence-corrected chi connectivity index (χ2v) is 3.60. The van der Waals surface area contributed by atoms with Gasteiger partial charge in [0, 0.05) is 18.3 Å². The Hall–Kier alpha value is -1.55. The first-order valence-corrected chi connectivity index (χ1v) is 4.96. The number of hydrogen-bond acceptors (Lipinski definition) is 2. The van der Waals surface area contributed by atoms with Crippen molar-refractivity contribution in [2.24, 2.45) is 5.73 Å². The summed E-state index contributed by atoms with van der Waals surface area (Å²) in [5.41, 5.74) is 7.33. The van der Waals surface area contributed by atoms with Crippen LogP contribution < -0.4 is 16.4 Å². The minimum atomic E-state index is -0.225. The van der Waals surface area contributed by atoms with Crippen LogP contribution in [0.4, 0.5) is 10.5 Å². The molecule has 0 aliphatic rings. The summed E-state index contributed by atoms with van der Waals surface area (Å²) in [6.45, 7) is 4.29. The highest BCUT2D eigenvalue weighted by atomic mass is 16.2. The zero-order valence-corrected chi connectivity index (χ0v) is 9.08. The summed E-state index contributed by atoms with van der Waals surface area (Å²) in [7, 11) is 0. The van der Waals surface area contributed by atoms with Gasteiger partial charge in [-0.25, -0.2) is 4.79 Å². The summed E-state index contributed by atoms with van der Waals surface area (Å²) >= 11 is 0. The van der Waals surface area contributed by atoms with Crippen LogP contribution in [-0.2, 0) is 0 Å². The maximum absolute atomic E-state index is 11.4. The summed E-state index contributed by atoms with van der Waals surface area (Å²) in [5.74, 6) is 0. The van der Waals surface area contributed by atoms with Gasteiger partial charge < -0.3 is 16.4 Å².